The molecule has 0 atom stereocenters. The van der Waals surface area contributed by atoms with Crippen LogP contribution in [-0.4, -0.2) is 9.97 Å². The predicted molar refractivity (Wildman–Crippen MR) is 61.4 cm³/mol. The van der Waals surface area contributed by atoms with Gasteiger partial charge in [0.1, 0.15) is 5.82 Å². The van der Waals surface area contributed by atoms with Gasteiger partial charge in [-0.15, -0.1) is 0 Å². The highest BCUT2D eigenvalue weighted by molar-refractivity contribution is 5.74. The summed E-state index contributed by atoms with van der Waals surface area (Å²) in [7, 11) is 0. The molecular weight excluding hydrogens is 172 g/mol. The number of hydrogen-bond donors (Lipinski definition) is 1. The molecule has 0 amide bonds. The van der Waals surface area contributed by atoms with Crippen molar-refractivity contribution in [2.24, 2.45) is 5.92 Å². The zero-order chi connectivity index (χ0) is 9.26. The molecule has 14 heavy (non-hydrogen) atoms. The maximum absolute atomic E-state index is 4.50. The molecule has 1 N–H and O–H groups in total. The normalized spacial score (nSPS) is 10.5. The molecule has 1 heterocycles. The molecule has 0 unspecified atom stereocenters. The van der Waals surface area contributed by atoms with Gasteiger partial charge in [0, 0.05) is 6.42 Å². The Morgan fingerprint density at radius 3 is 2.64 bits per heavy atom. The molecule has 0 saturated carbocycles. The Hall–Kier alpha value is -1.31. The summed E-state index contributed by atoms with van der Waals surface area (Å²) < 4.78 is 0. The van der Waals surface area contributed by atoms with Crippen molar-refractivity contribution in [2.75, 3.05) is 0 Å². The van der Waals surface area contributed by atoms with Gasteiger partial charge in [-0.1, -0.05) is 33.4 Å². The fourth-order valence-electron chi connectivity index (χ4n) is 1.49. The van der Waals surface area contributed by atoms with Crippen molar-refractivity contribution in [1.29, 1.82) is 0 Å². The lowest BCUT2D eigenvalue weighted by Gasteiger charge is -1.98. The van der Waals surface area contributed by atoms with Crippen LogP contribution in [0.2, 0.25) is 0 Å². The summed E-state index contributed by atoms with van der Waals surface area (Å²) in [4.78, 5) is 7.81. The standard InChI is InChI=1S/C11H14N2.CH4/c1-8(2)7-11-12-9-5-3-4-6-10(9)13-11;/h3-6,8H,7H2,1-2H3,(H,12,13);1H4. The van der Waals surface area contributed by atoms with Gasteiger partial charge in [0.15, 0.2) is 0 Å². The van der Waals surface area contributed by atoms with Gasteiger partial charge in [-0.05, 0) is 18.1 Å². The Balaban J connectivity index is 0.000000980. The lowest BCUT2D eigenvalue weighted by atomic mass is 10.1. The second-order valence-corrected chi connectivity index (χ2v) is 3.80. The van der Waals surface area contributed by atoms with E-state index in [0.29, 0.717) is 5.92 Å². The van der Waals surface area contributed by atoms with Gasteiger partial charge >= 0.3 is 0 Å². The third kappa shape index (κ3) is 2.13. The van der Waals surface area contributed by atoms with E-state index in [1.54, 1.807) is 0 Å². The van der Waals surface area contributed by atoms with Crippen molar-refractivity contribution in [2.45, 2.75) is 27.7 Å². The number of para-hydroxylation sites is 2. The molecule has 0 spiro atoms. The van der Waals surface area contributed by atoms with Gasteiger partial charge in [-0.3, -0.25) is 0 Å². The van der Waals surface area contributed by atoms with Gasteiger partial charge in [0.25, 0.3) is 0 Å². The number of imidazole rings is 1. The Bertz CT molecular complexity index is 368. The molecule has 1 aromatic carbocycles. The van der Waals surface area contributed by atoms with Gasteiger partial charge in [-0.25, -0.2) is 4.98 Å². The summed E-state index contributed by atoms with van der Waals surface area (Å²) in [6.45, 7) is 4.40. The number of rotatable bonds is 2. The summed E-state index contributed by atoms with van der Waals surface area (Å²) in [6, 6.07) is 8.14. The first kappa shape index (κ1) is 10.8. The van der Waals surface area contributed by atoms with E-state index in [4.69, 9.17) is 0 Å². The lowest BCUT2D eigenvalue weighted by molar-refractivity contribution is 0.627. The number of benzene rings is 1. The maximum Gasteiger partial charge on any atom is 0.107 e. The van der Waals surface area contributed by atoms with Gasteiger partial charge in [0.2, 0.25) is 0 Å². The average molecular weight is 190 g/mol. The third-order valence-electron chi connectivity index (χ3n) is 2.04. The molecule has 0 bridgehead atoms. The fourth-order valence-corrected chi connectivity index (χ4v) is 1.49. The summed E-state index contributed by atoms with van der Waals surface area (Å²) in [6.07, 6.45) is 1.02. The summed E-state index contributed by atoms with van der Waals surface area (Å²) in [5.74, 6) is 1.75. The molecule has 0 fully saturated rings. The van der Waals surface area contributed by atoms with E-state index in [0.717, 1.165) is 23.3 Å². The monoisotopic (exact) mass is 190 g/mol. The average Bonchev–Trinajstić information content (AvgIpc) is 2.44. The molecule has 2 nitrogen and oxygen atoms in total. The van der Waals surface area contributed by atoms with Gasteiger partial charge < -0.3 is 4.98 Å². The molecule has 2 aromatic rings. The first-order valence-electron chi connectivity index (χ1n) is 4.69. The maximum atomic E-state index is 4.50. The summed E-state index contributed by atoms with van der Waals surface area (Å²) >= 11 is 0. The first-order valence-corrected chi connectivity index (χ1v) is 4.69. The minimum Gasteiger partial charge on any atom is -0.342 e. The highest BCUT2D eigenvalue weighted by atomic mass is 14.9. The predicted octanol–water partition coefficient (Wildman–Crippen LogP) is 3.40. The number of nitrogens with zero attached hydrogens (tertiary/aromatic N) is 1. The number of aromatic amines is 1. The van der Waals surface area contributed by atoms with Gasteiger partial charge in [-0.2, -0.15) is 0 Å². The number of fused-ring (bicyclic) bond motifs is 1. The van der Waals surface area contributed by atoms with Crippen LogP contribution in [-0.2, 0) is 6.42 Å². The van der Waals surface area contributed by atoms with Crippen molar-refractivity contribution in [3.05, 3.63) is 30.1 Å². The van der Waals surface area contributed by atoms with Crippen LogP contribution >= 0.6 is 0 Å². The van der Waals surface area contributed by atoms with E-state index in [1.807, 2.05) is 18.2 Å². The van der Waals surface area contributed by atoms with E-state index >= 15 is 0 Å². The van der Waals surface area contributed by atoms with E-state index in [-0.39, 0.29) is 7.43 Å². The van der Waals surface area contributed by atoms with Gasteiger partial charge in [0.05, 0.1) is 11.0 Å². The second kappa shape index (κ2) is 4.27. The quantitative estimate of drug-likeness (QED) is 0.772. The summed E-state index contributed by atoms with van der Waals surface area (Å²) in [5, 5.41) is 0. The Labute approximate surface area is 85.4 Å². The zero-order valence-corrected chi connectivity index (χ0v) is 8.04. The smallest absolute Gasteiger partial charge is 0.107 e. The van der Waals surface area contributed by atoms with Crippen LogP contribution in [0.4, 0.5) is 0 Å². The van der Waals surface area contributed by atoms with Crippen molar-refractivity contribution in [1.82, 2.24) is 9.97 Å². The van der Waals surface area contributed by atoms with Crippen LogP contribution in [0.25, 0.3) is 11.0 Å². The second-order valence-electron chi connectivity index (χ2n) is 3.80. The van der Waals surface area contributed by atoms with Crippen LogP contribution in [0.1, 0.15) is 27.1 Å². The number of hydrogen-bond acceptors (Lipinski definition) is 1. The topological polar surface area (TPSA) is 28.7 Å². The van der Waals surface area contributed by atoms with Crippen LogP contribution in [0.15, 0.2) is 24.3 Å². The fraction of sp³-hybridized carbons (Fsp3) is 0.417. The first-order chi connectivity index (χ1) is 6.25. The molecule has 0 aliphatic heterocycles. The van der Waals surface area contributed by atoms with Crippen molar-refractivity contribution in [3.63, 3.8) is 0 Å². The largest absolute Gasteiger partial charge is 0.342 e. The highest BCUT2D eigenvalue weighted by Gasteiger charge is 2.03. The molecule has 1 aromatic heterocycles. The third-order valence-corrected chi connectivity index (χ3v) is 2.04. The molecule has 76 valence electrons. The molecule has 0 saturated heterocycles. The van der Waals surface area contributed by atoms with Crippen LogP contribution in [0.3, 0.4) is 0 Å². The molecule has 2 rings (SSSR count). The van der Waals surface area contributed by atoms with Crippen molar-refractivity contribution >= 4 is 11.0 Å². The molecular formula is C12H18N2. The van der Waals surface area contributed by atoms with Crippen molar-refractivity contribution < 1.29 is 0 Å². The van der Waals surface area contributed by atoms with E-state index < -0.39 is 0 Å². The van der Waals surface area contributed by atoms with E-state index in [2.05, 4.69) is 29.9 Å². The van der Waals surface area contributed by atoms with Crippen LogP contribution in [0.5, 0.6) is 0 Å². The number of aromatic nitrogens is 2. The van der Waals surface area contributed by atoms with Crippen molar-refractivity contribution in [3.8, 4) is 0 Å². The Morgan fingerprint density at radius 1 is 1.29 bits per heavy atom. The number of nitrogens with one attached hydrogen (secondary N) is 1. The Kier molecular flexibility index (Phi) is 3.28. The lowest BCUT2D eigenvalue weighted by Crippen LogP contribution is -1.95. The zero-order valence-electron chi connectivity index (χ0n) is 8.04. The molecule has 0 aliphatic carbocycles. The Morgan fingerprint density at radius 2 is 2.00 bits per heavy atom. The molecule has 2 heteroatoms. The summed E-state index contributed by atoms with van der Waals surface area (Å²) in [5.41, 5.74) is 2.20. The molecule has 0 radical (unpaired) electrons. The minimum absolute atomic E-state index is 0. The molecule has 0 aliphatic rings. The SMILES string of the molecule is C.CC(C)Cc1nc2ccccc2[nH]1. The van der Waals surface area contributed by atoms with Crippen LogP contribution < -0.4 is 0 Å². The van der Waals surface area contributed by atoms with Crippen LogP contribution in [0, 0.1) is 5.92 Å². The van der Waals surface area contributed by atoms with E-state index in [1.165, 1.54) is 0 Å². The number of H-pyrrole nitrogens is 1. The highest BCUT2D eigenvalue weighted by Crippen LogP contribution is 2.12. The minimum atomic E-state index is 0. The van der Waals surface area contributed by atoms with E-state index in [9.17, 15) is 0 Å².